The number of halogens is 1. The maximum absolute atomic E-state index is 13.4. The van der Waals surface area contributed by atoms with Crippen LogP contribution in [0.2, 0.25) is 0 Å². The molecule has 150 valence electrons. The smallest absolute Gasteiger partial charge is 0.258 e. The largest absolute Gasteiger partial charge is 0.303 e. The number of amides is 1. The minimum Gasteiger partial charge on any atom is -0.303 e. The first-order valence-corrected chi connectivity index (χ1v) is 11.8. The van der Waals surface area contributed by atoms with Gasteiger partial charge < -0.3 is 4.90 Å². The Morgan fingerprint density at radius 2 is 1.93 bits per heavy atom. The zero-order chi connectivity index (χ0) is 20.6. The highest BCUT2D eigenvalue weighted by atomic mass is 32.2. The molecule has 1 amide bonds. The van der Waals surface area contributed by atoms with E-state index in [2.05, 4.69) is 0 Å². The lowest BCUT2D eigenvalue weighted by molar-refractivity contribution is 0.0985. The number of fused-ring (bicyclic) bond motifs is 1. The lowest BCUT2D eigenvalue weighted by Crippen LogP contribution is -2.30. The number of hydrogen-bond donors (Lipinski definition) is 0. The number of carbonyl (C=O) groups excluding carboxylic acids is 1. The summed E-state index contributed by atoms with van der Waals surface area (Å²) in [5, 5.41) is 1.94. The van der Waals surface area contributed by atoms with E-state index in [1.54, 1.807) is 46.6 Å². The number of anilines is 2. The predicted octanol–water partition coefficient (Wildman–Crippen LogP) is 4.06. The Hall–Kier alpha value is -2.71. The molecule has 1 aromatic heterocycles. The van der Waals surface area contributed by atoms with Gasteiger partial charge in [0, 0.05) is 22.7 Å². The van der Waals surface area contributed by atoms with Gasteiger partial charge in [-0.25, -0.2) is 12.8 Å². The average Bonchev–Trinajstić information content (AvgIpc) is 3.35. The van der Waals surface area contributed by atoms with Gasteiger partial charge in [-0.2, -0.15) is 0 Å². The number of hydrogen-bond acceptors (Lipinski definition) is 4. The fourth-order valence-electron chi connectivity index (χ4n) is 3.46. The van der Waals surface area contributed by atoms with Crippen LogP contribution in [-0.2, 0) is 23.0 Å². The molecule has 5 nitrogen and oxygen atoms in total. The maximum Gasteiger partial charge on any atom is 0.258 e. The third-order valence-electron chi connectivity index (χ3n) is 4.86. The van der Waals surface area contributed by atoms with Crippen molar-refractivity contribution in [3.63, 3.8) is 0 Å². The predicted molar refractivity (Wildman–Crippen MR) is 114 cm³/mol. The Kier molecular flexibility index (Phi) is 5.14. The summed E-state index contributed by atoms with van der Waals surface area (Å²) in [5.41, 5.74) is 2.52. The normalized spacial score (nSPS) is 13.4. The van der Waals surface area contributed by atoms with Crippen molar-refractivity contribution >= 4 is 38.6 Å². The van der Waals surface area contributed by atoms with Crippen LogP contribution in [0.15, 0.2) is 60.0 Å². The van der Waals surface area contributed by atoms with Gasteiger partial charge >= 0.3 is 0 Å². The van der Waals surface area contributed by atoms with Gasteiger partial charge in [-0.3, -0.25) is 9.10 Å². The Bertz CT molecular complexity index is 1140. The topological polar surface area (TPSA) is 57.7 Å². The molecule has 1 aliphatic heterocycles. The van der Waals surface area contributed by atoms with Crippen LogP contribution < -0.4 is 9.21 Å². The van der Waals surface area contributed by atoms with Gasteiger partial charge in [0.05, 0.1) is 18.5 Å². The summed E-state index contributed by atoms with van der Waals surface area (Å²) < 4.78 is 38.6. The summed E-state index contributed by atoms with van der Waals surface area (Å²) in [6.45, 7) is 0.747. The van der Waals surface area contributed by atoms with E-state index in [-0.39, 0.29) is 11.7 Å². The van der Waals surface area contributed by atoms with Crippen LogP contribution in [0.25, 0.3) is 0 Å². The van der Waals surface area contributed by atoms with Crippen molar-refractivity contribution in [2.24, 2.45) is 0 Å². The van der Waals surface area contributed by atoms with Gasteiger partial charge in [-0.15, -0.1) is 11.3 Å². The first-order chi connectivity index (χ1) is 13.8. The minimum atomic E-state index is -3.34. The standard InChI is InChI=1S/C21H19FN2O3S2/c1-29(26,27)24-11-10-15-13-16(4-9-20(15)24)21(25)23(14-19-3-2-12-28-19)18-7-5-17(22)6-8-18/h2-9,12-13H,10-11,14H2,1H3. The Morgan fingerprint density at radius 3 is 2.59 bits per heavy atom. The summed E-state index contributed by atoms with van der Waals surface area (Å²) in [5.74, 6) is -0.582. The summed E-state index contributed by atoms with van der Waals surface area (Å²) in [6, 6.07) is 14.8. The van der Waals surface area contributed by atoms with Gasteiger partial charge in [0.2, 0.25) is 10.0 Å². The molecule has 2 aromatic carbocycles. The van der Waals surface area contributed by atoms with Gasteiger partial charge in [-0.1, -0.05) is 6.07 Å². The summed E-state index contributed by atoms with van der Waals surface area (Å²) in [7, 11) is -3.34. The lowest BCUT2D eigenvalue weighted by atomic mass is 10.1. The molecule has 0 fully saturated rings. The summed E-state index contributed by atoms with van der Waals surface area (Å²) >= 11 is 1.54. The lowest BCUT2D eigenvalue weighted by Gasteiger charge is -2.23. The first-order valence-electron chi connectivity index (χ1n) is 9.03. The summed E-state index contributed by atoms with van der Waals surface area (Å²) in [6.07, 6.45) is 1.74. The Labute approximate surface area is 173 Å². The molecule has 0 saturated carbocycles. The molecule has 4 rings (SSSR count). The highest BCUT2D eigenvalue weighted by Crippen LogP contribution is 2.32. The zero-order valence-electron chi connectivity index (χ0n) is 15.7. The van der Waals surface area contributed by atoms with Crippen molar-refractivity contribution in [1.29, 1.82) is 0 Å². The van der Waals surface area contributed by atoms with Crippen molar-refractivity contribution in [2.75, 3.05) is 22.0 Å². The molecular weight excluding hydrogens is 411 g/mol. The van der Waals surface area contributed by atoms with E-state index in [4.69, 9.17) is 0 Å². The van der Waals surface area contributed by atoms with Crippen LogP contribution in [0.1, 0.15) is 20.8 Å². The molecule has 0 saturated heterocycles. The number of sulfonamides is 1. The molecule has 3 aromatic rings. The summed E-state index contributed by atoms with van der Waals surface area (Å²) in [4.78, 5) is 16.0. The van der Waals surface area contributed by atoms with Gasteiger partial charge in [0.15, 0.2) is 0 Å². The molecule has 0 unspecified atom stereocenters. The zero-order valence-corrected chi connectivity index (χ0v) is 17.3. The second-order valence-electron chi connectivity index (χ2n) is 6.88. The van der Waals surface area contributed by atoms with Crippen molar-refractivity contribution < 1.29 is 17.6 Å². The maximum atomic E-state index is 13.4. The monoisotopic (exact) mass is 430 g/mol. The van der Waals surface area contributed by atoms with Crippen LogP contribution in [0.3, 0.4) is 0 Å². The van der Waals surface area contributed by atoms with Crippen LogP contribution >= 0.6 is 11.3 Å². The Balaban J connectivity index is 1.68. The van der Waals surface area contributed by atoms with E-state index in [9.17, 15) is 17.6 Å². The molecule has 0 bridgehead atoms. The van der Waals surface area contributed by atoms with Gasteiger partial charge in [-0.05, 0) is 65.9 Å². The van der Waals surface area contributed by atoms with E-state index in [1.807, 2.05) is 17.5 Å². The molecule has 1 aliphatic rings. The number of carbonyl (C=O) groups is 1. The van der Waals surface area contributed by atoms with E-state index in [0.29, 0.717) is 36.4 Å². The fourth-order valence-corrected chi connectivity index (χ4v) is 5.12. The van der Waals surface area contributed by atoms with Gasteiger partial charge in [0.25, 0.3) is 5.91 Å². The van der Waals surface area contributed by atoms with Crippen molar-refractivity contribution in [3.05, 3.63) is 81.8 Å². The molecule has 0 spiro atoms. The van der Waals surface area contributed by atoms with Crippen molar-refractivity contribution in [3.8, 4) is 0 Å². The van der Waals surface area contributed by atoms with E-state index < -0.39 is 10.0 Å². The second kappa shape index (κ2) is 7.61. The minimum absolute atomic E-state index is 0.217. The van der Waals surface area contributed by atoms with E-state index >= 15 is 0 Å². The Morgan fingerprint density at radius 1 is 1.17 bits per heavy atom. The van der Waals surface area contributed by atoms with Crippen LogP contribution in [-0.4, -0.2) is 27.1 Å². The van der Waals surface area contributed by atoms with Crippen LogP contribution in [0.4, 0.5) is 15.8 Å². The number of rotatable bonds is 5. The SMILES string of the molecule is CS(=O)(=O)N1CCc2cc(C(=O)N(Cc3cccs3)c3ccc(F)cc3)ccc21. The van der Waals surface area contributed by atoms with Crippen molar-refractivity contribution in [1.82, 2.24) is 0 Å². The number of thiophene rings is 1. The van der Waals surface area contributed by atoms with E-state index in [1.165, 1.54) is 22.7 Å². The van der Waals surface area contributed by atoms with Crippen molar-refractivity contribution in [2.45, 2.75) is 13.0 Å². The molecule has 0 N–H and O–H groups in total. The third kappa shape index (κ3) is 4.04. The molecule has 29 heavy (non-hydrogen) atoms. The average molecular weight is 431 g/mol. The first kappa shape index (κ1) is 19.6. The molecule has 0 atom stereocenters. The molecule has 0 aliphatic carbocycles. The fraction of sp³-hybridized carbons (Fsp3) is 0.190. The number of nitrogens with zero attached hydrogens (tertiary/aromatic N) is 2. The molecule has 2 heterocycles. The van der Waals surface area contributed by atoms with E-state index in [0.717, 1.165) is 10.4 Å². The molecular formula is C21H19FN2O3S2. The highest BCUT2D eigenvalue weighted by Gasteiger charge is 2.28. The van der Waals surface area contributed by atoms with Gasteiger partial charge in [0.1, 0.15) is 5.82 Å². The van der Waals surface area contributed by atoms with Crippen LogP contribution in [0, 0.1) is 5.82 Å². The second-order valence-corrected chi connectivity index (χ2v) is 9.81. The molecule has 0 radical (unpaired) electrons. The van der Waals surface area contributed by atoms with Crippen LogP contribution in [0.5, 0.6) is 0 Å². The number of benzene rings is 2. The quantitative estimate of drug-likeness (QED) is 0.614. The molecule has 8 heteroatoms. The highest BCUT2D eigenvalue weighted by molar-refractivity contribution is 7.92. The third-order valence-corrected chi connectivity index (χ3v) is 6.90.